The number of likely N-dealkylation sites (N-methyl/N-ethyl adjacent to an activating group) is 1. The van der Waals surface area contributed by atoms with Gasteiger partial charge in [0.05, 0.1) is 4.92 Å². The van der Waals surface area contributed by atoms with E-state index in [1.54, 1.807) is 24.3 Å². The minimum atomic E-state index is -1.45. The largest absolute Gasteiger partial charge is 0.289 e. The maximum atomic E-state index is 13.2. The summed E-state index contributed by atoms with van der Waals surface area (Å²) in [5, 5.41) is 11.2. The molecule has 0 N–H and O–H groups in total. The molecule has 1 unspecified atom stereocenters. The fourth-order valence-corrected chi connectivity index (χ4v) is 3.65. The van der Waals surface area contributed by atoms with E-state index < -0.39 is 22.2 Å². The van der Waals surface area contributed by atoms with Crippen LogP contribution in [0, 0.1) is 10.1 Å². The smallest absolute Gasteiger partial charge is 0.269 e. The van der Waals surface area contributed by atoms with Gasteiger partial charge < -0.3 is 0 Å². The molecule has 0 bridgehead atoms. The van der Waals surface area contributed by atoms with Crippen molar-refractivity contribution in [3.05, 3.63) is 87.0 Å². The Balaban J connectivity index is 2.13. The highest BCUT2D eigenvalue weighted by Gasteiger charge is 2.52. The number of fused-ring (bicyclic) bond motifs is 4. The first-order chi connectivity index (χ1) is 12.4. The van der Waals surface area contributed by atoms with Crippen molar-refractivity contribution in [2.75, 3.05) is 7.05 Å². The third-order valence-corrected chi connectivity index (χ3v) is 4.92. The Labute approximate surface area is 147 Å². The second-order valence-corrected chi connectivity index (χ2v) is 6.21. The minimum Gasteiger partial charge on any atom is -0.289 e. The van der Waals surface area contributed by atoms with Crippen LogP contribution < -0.4 is 0 Å². The van der Waals surface area contributed by atoms with Crippen LogP contribution in [0.5, 0.6) is 0 Å². The molecule has 2 amide bonds. The molecule has 4 rings (SSSR count). The van der Waals surface area contributed by atoms with Crippen LogP contribution in [0.15, 0.2) is 54.6 Å². The number of nitro groups is 1. The Morgan fingerprint density at radius 1 is 1.00 bits per heavy atom. The van der Waals surface area contributed by atoms with Gasteiger partial charge in [-0.25, -0.2) is 0 Å². The summed E-state index contributed by atoms with van der Waals surface area (Å²) < 4.78 is 0. The van der Waals surface area contributed by atoms with E-state index in [2.05, 4.69) is 0 Å². The van der Waals surface area contributed by atoms with Gasteiger partial charge in [-0.05, 0) is 29.3 Å². The minimum absolute atomic E-state index is 0.212. The van der Waals surface area contributed by atoms with Gasteiger partial charge in [0, 0.05) is 30.3 Å². The highest BCUT2D eigenvalue weighted by atomic mass is 16.6. The lowest BCUT2D eigenvalue weighted by Gasteiger charge is -2.41. The average Bonchev–Trinajstić information content (AvgIpc) is 2.66. The summed E-state index contributed by atoms with van der Waals surface area (Å²) >= 11 is 0. The number of imide groups is 1. The molecule has 7 heteroatoms. The van der Waals surface area contributed by atoms with Gasteiger partial charge in [0.25, 0.3) is 11.6 Å². The number of hydrogen-bond acceptors (Lipinski definition) is 5. The van der Waals surface area contributed by atoms with Gasteiger partial charge in [0.15, 0.2) is 5.78 Å². The first kappa shape index (κ1) is 15.9. The molecule has 1 heterocycles. The van der Waals surface area contributed by atoms with Crippen molar-refractivity contribution in [1.82, 2.24) is 4.90 Å². The second-order valence-electron chi connectivity index (χ2n) is 6.21. The Hall–Kier alpha value is -3.61. The molecule has 2 aliphatic rings. The van der Waals surface area contributed by atoms with Gasteiger partial charge >= 0.3 is 0 Å². The van der Waals surface area contributed by atoms with Crippen molar-refractivity contribution < 1.29 is 19.3 Å². The number of carbonyl (C=O) groups excluding carboxylic acids is 3. The van der Waals surface area contributed by atoms with E-state index in [9.17, 15) is 24.5 Å². The SMILES string of the molecule is CN1C(=O)c2ccccc2C2(C=CC(=O)c3ccc([N+](=O)[O-])cc32)C1=O. The molecule has 26 heavy (non-hydrogen) atoms. The lowest BCUT2D eigenvalue weighted by molar-refractivity contribution is -0.384. The van der Waals surface area contributed by atoms with E-state index in [1.165, 1.54) is 37.4 Å². The van der Waals surface area contributed by atoms with Crippen molar-refractivity contribution in [2.45, 2.75) is 5.41 Å². The van der Waals surface area contributed by atoms with E-state index >= 15 is 0 Å². The number of nitrogens with zero attached hydrogens (tertiary/aromatic N) is 2. The normalized spacial score (nSPS) is 21.0. The van der Waals surface area contributed by atoms with Crippen molar-refractivity contribution in [2.24, 2.45) is 0 Å². The molecule has 128 valence electrons. The van der Waals surface area contributed by atoms with E-state index in [4.69, 9.17) is 0 Å². The van der Waals surface area contributed by atoms with Gasteiger partial charge in [0.2, 0.25) is 5.91 Å². The molecule has 7 nitrogen and oxygen atoms in total. The van der Waals surface area contributed by atoms with E-state index in [1.807, 2.05) is 0 Å². The third-order valence-electron chi connectivity index (χ3n) is 4.92. The van der Waals surface area contributed by atoms with Gasteiger partial charge in [-0.15, -0.1) is 0 Å². The summed E-state index contributed by atoms with van der Waals surface area (Å²) in [5.74, 6) is -1.34. The van der Waals surface area contributed by atoms with Crippen molar-refractivity contribution in [3.8, 4) is 0 Å². The fraction of sp³-hybridized carbons (Fsp3) is 0.105. The monoisotopic (exact) mass is 348 g/mol. The predicted octanol–water partition coefficient (Wildman–Crippen LogP) is 2.25. The van der Waals surface area contributed by atoms with Gasteiger partial charge in [0.1, 0.15) is 5.41 Å². The van der Waals surface area contributed by atoms with Crippen LogP contribution in [0.2, 0.25) is 0 Å². The number of ketones is 1. The molecule has 0 radical (unpaired) electrons. The molecule has 0 aromatic heterocycles. The Kier molecular flexibility index (Phi) is 3.17. The summed E-state index contributed by atoms with van der Waals surface area (Å²) in [4.78, 5) is 49.7. The Bertz CT molecular complexity index is 1060. The van der Waals surface area contributed by atoms with Crippen LogP contribution >= 0.6 is 0 Å². The standard InChI is InChI=1S/C19H12N2O5/c1-20-17(23)13-4-2-3-5-14(13)19(18(20)24)9-8-16(22)12-7-6-11(21(25)26)10-15(12)19/h2-10H,1H3. The first-order valence-corrected chi connectivity index (χ1v) is 7.82. The number of rotatable bonds is 1. The zero-order valence-electron chi connectivity index (χ0n) is 13.6. The van der Waals surface area contributed by atoms with E-state index in [0.29, 0.717) is 11.1 Å². The van der Waals surface area contributed by atoms with Crippen LogP contribution in [0.3, 0.4) is 0 Å². The number of nitro benzene ring substituents is 1. The molecule has 2 aromatic rings. The number of non-ortho nitro benzene ring substituents is 1. The second kappa shape index (κ2) is 5.19. The van der Waals surface area contributed by atoms with Gasteiger partial charge in [-0.1, -0.05) is 24.3 Å². The number of hydrogen-bond donors (Lipinski definition) is 0. The molecule has 1 aliphatic carbocycles. The quantitative estimate of drug-likeness (QED) is 0.447. The fourth-order valence-electron chi connectivity index (χ4n) is 3.65. The number of carbonyl (C=O) groups is 3. The van der Waals surface area contributed by atoms with Crippen molar-refractivity contribution in [1.29, 1.82) is 0 Å². The van der Waals surface area contributed by atoms with E-state index in [-0.39, 0.29) is 22.6 Å². The maximum Gasteiger partial charge on any atom is 0.269 e. The maximum absolute atomic E-state index is 13.2. The summed E-state index contributed by atoms with van der Waals surface area (Å²) in [6.45, 7) is 0. The van der Waals surface area contributed by atoms with Crippen LogP contribution in [0.1, 0.15) is 31.8 Å². The topological polar surface area (TPSA) is 97.6 Å². The first-order valence-electron chi connectivity index (χ1n) is 7.82. The Morgan fingerprint density at radius 3 is 2.46 bits per heavy atom. The molecule has 1 spiro atoms. The number of benzene rings is 2. The molecular formula is C19H12N2O5. The predicted molar refractivity (Wildman–Crippen MR) is 90.9 cm³/mol. The van der Waals surface area contributed by atoms with Gasteiger partial charge in [-0.2, -0.15) is 0 Å². The van der Waals surface area contributed by atoms with Crippen molar-refractivity contribution >= 4 is 23.3 Å². The molecule has 1 aliphatic heterocycles. The summed E-state index contributed by atoms with van der Waals surface area (Å²) in [5.41, 5.74) is -0.505. The molecule has 2 aromatic carbocycles. The average molecular weight is 348 g/mol. The van der Waals surface area contributed by atoms with Crippen LogP contribution in [-0.2, 0) is 10.2 Å². The highest BCUT2D eigenvalue weighted by Crippen LogP contribution is 2.45. The summed E-state index contributed by atoms with van der Waals surface area (Å²) in [7, 11) is 1.36. The summed E-state index contributed by atoms with van der Waals surface area (Å²) in [6, 6.07) is 10.4. The zero-order chi connectivity index (χ0) is 18.6. The Morgan fingerprint density at radius 2 is 1.73 bits per heavy atom. The van der Waals surface area contributed by atoms with E-state index in [0.717, 1.165) is 4.90 Å². The molecule has 0 saturated carbocycles. The van der Waals surface area contributed by atoms with Crippen molar-refractivity contribution in [3.63, 3.8) is 0 Å². The lowest BCUT2D eigenvalue weighted by Crippen LogP contribution is -2.53. The zero-order valence-corrected chi connectivity index (χ0v) is 13.6. The van der Waals surface area contributed by atoms with Crippen LogP contribution in [0.25, 0.3) is 0 Å². The van der Waals surface area contributed by atoms with Crippen LogP contribution in [-0.4, -0.2) is 34.5 Å². The molecular weight excluding hydrogens is 336 g/mol. The summed E-state index contributed by atoms with van der Waals surface area (Å²) in [6.07, 6.45) is 2.72. The number of amides is 2. The molecule has 0 fully saturated rings. The van der Waals surface area contributed by atoms with Crippen LogP contribution in [0.4, 0.5) is 5.69 Å². The van der Waals surface area contributed by atoms with Gasteiger partial charge in [-0.3, -0.25) is 29.4 Å². The highest BCUT2D eigenvalue weighted by molar-refractivity contribution is 6.19. The molecule has 0 saturated heterocycles. The lowest BCUT2D eigenvalue weighted by atomic mass is 9.65. The third kappa shape index (κ3) is 1.85. The number of allylic oxidation sites excluding steroid dienone is 1. The molecule has 1 atom stereocenters.